The Morgan fingerprint density at radius 3 is 2.00 bits per heavy atom. The first-order valence-corrected chi connectivity index (χ1v) is 10.9. The highest BCUT2D eigenvalue weighted by Crippen LogP contribution is 2.21. The fourth-order valence-corrected chi connectivity index (χ4v) is 4.65. The largest absolute Gasteiger partial charge is 0.368 e. The fraction of sp³-hybridized carbons (Fsp3) is 0.333. The van der Waals surface area contributed by atoms with Gasteiger partial charge in [0.1, 0.15) is 11.1 Å². The standard InChI is InChI=1S/C21H23FN2O4S/c1-15(25)17-3-7-19(8-4-17)23-11-13-24(14-12-23)21(26)16(2)29(27,28)20-9-5-18(22)6-10-20/h3-10,16H,11-14H2,1-2H3. The molecule has 1 fully saturated rings. The number of hydrogen-bond donors (Lipinski definition) is 0. The molecule has 1 atom stereocenters. The summed E-state index contributed by atoms with van der Waals surface area (Å²) < 4.78 is 38.5. The van der Waals surface area contributed by atoms with Crippen LogP contribution in [0.5, 0.6) is 0 Å². The van der Waals surface area contributed by atoms with Crippen LogP contribution in [-0.4, -0.2) is 56.4 Å². The summed E-state index contributed by atoms with van der Waals surface area (Å²) in [7, 11) is -3.89. The molecule has 0 saturated carbocycles. The highest BCUT2D eigenvalue weighted by atomic mass is 32.2. The molecule has 1 aliphatic heterocycles. The van der Waals surface area contributed by atoms with E-state index in [1.165, 1.54) is 26.0 Å². The number of halogens is 1. The van der Waals surface area contributed by atoms with E-state index in [9.17, 15) is 22.4 Å². The van der Waals surface area contributed by atoms with E-state index >= 15 is 0 Å². The van der Waals surface area contributed by atoms with Gasteiger partial charge in [-0.2, -0.15) is 0 Å². The lowest BCUT2D eigenvalue weighted by Gasteiger charge is -2.37. The molecule has 0 spiro atoms. The number of amides is 1. The molecule has 8 heteroatoms. The quantitative estimate of drug-likeness (QED) is 0.551. The lowest BCUT2D eigenvalue weighted by atomic mass is 10.1. The van der Waals surface area contributed by atoms with Crippen molar-refractivity contribution in [2.24, 2.45) is 0 Å². The fourth-order valence-electron chi connectivity index (χ4n) is 3.31. The van der Waals surface area contributed by atoms with Crippen molar-refractivity contribution in [3.8, 4) is 0 Å². The highest BCUT2D eigenvalue weighted by molar-refractivity contribution is 7.92. The summed E-state index contributed by atoms with van der Waals surface area (Å²) >= 11 is 0. The molecule has 0 aromatic heterocycles. The summed E-state index contributed by atoms with van der Waals surface area (Å²) in [4.78, 5) is 27.7. The molecule has 29 heavy (non-hydrogen) atoms. The minimum Gasteiger partial charge on any atom is -0.368 e. The Hall–Kier alpha value is -2.74. The van der Waals surface area contributed by atoms with E-state index < -0.39 is 26.8 Å². The van der Waals surface area contributed by atoms with Crippen LogP contribution in [0, 0.1) is 5.82 Å². The maximum absolute atomic E-state index is 13.1. The molecule has 1 unspecified atom stereocenters. The smallest absolute Gasteiger partial charge is 0.241 e. The third-order valence-corrected chi connectivity index (χ3v) is 7.25. The molecule has 1 saturated heterocycles. The van der Waals surface area contributed by atoms with E-state index in [1.807, 2.05) is 12.1 Å². The maximum Gasteiger partial charge on any atom is 0.241 e. The molecule has 1 heterocycles. The molecular weight excluding hydrogens is 395 g/mol. The van der Waals surface area contributed by atoms with Gasteiger partial charge in [0, 0.05) is 37.4 Å². The topological polar surface area (TPSA) is 74.8 Å². The zero-order valence-corrected chi connectivity index (χ0v) is 17.2. The van der Waals surface area contributed by atoms with E-state index in [0.29, 0.717) is 31.7 Å². The molecule has 0 aliphatic carbocycles. The van der Waals surface area contributed by atoms with E-state index in [-0.39, 0.29) is 10.7 Å². The minimum atomic E-state index is -3.89. The van der Waals surface area contributed by atoms with Gasteiger partial charge in [0.25, 0.3) is 0 Å². The van der Waals surface area contributed by atoms with Gasteiger partial charge in [0.05, 0.1) is 4.90 Å². The molecule has 6 nitrogen and oxygen atoms in total. The van der Waals surface area contributed by atoms with Crippen molar-refractivity contribution in [2.75, 3.05) is 31.1 Å². The van der Waals surface area contributed by atoms with Crippen molar-refractivity contribution in [3.63, 3.8) is 0 Å². The first-order chi connectivity index (χ1) is 13.7. The first kappa shape index (κ1) is 21.0. The van der Waals surface area contributed by atoms with Gasteiger partial charge in [-0.15, -0.1) is 0 Å². The van der Waals surface area contributed by atoms with Gasteiger partial charge in [0.15, 0.2) is 15.6 Å². The minimum absolute atomic E-state index is 0.00307. The number of hydrogen-bond acceptors (Lipinski definition) is 5. The van der Waals surface area contributed by atoms with Crippen molar-refractivity contribution >= 4 is 27.2 Å². The summed E-state index contributed by atoms with van der Waals surface area (Å²) in [6, 6.07) is 11.8. The zero-order valence-electron chi connectivity index (χ0n) is 16.3. The first-order valence-electron chi connectivity index (χ1n) is 9.34. The van der Waals surface area contributed by atoms with Gasteiger partial charge in [0.2, 0.25) is 5.91 Å². The molecule has 2 aromatic carbocycles. The number of ketones is 1. The van der Waals surface area contributed by atoms with Crippen LogP contribution in [0.15, 0.2) is 53.4 Å². The average molecular weight is 418 g/mol. The van der Waals surface area contributed by atoms with Crippen molar-refractivity contribution in [3.05, 3.63) is 59.9 Å². The molecule has 0 bridgehead atoms. The predicted molar refractivity (Wildman–Crippen MR) is 108 cm³/mol. The number of sulfone groups is 1. The summed E-state index contributed by atoms with van der Waals surface area (Å²) in [5, 5.41) is -1.24. The Balaban J connectivity index is 1.64. The van der Waals surface area contributed by atoms with Crippen LogP contribution in [0.4, 0.5) is 10.1 Å². The van der Waals surface area contributed by atoms with Gasteiger partial charge in [-0.3, -0.25) is 9.59 Å². The highest BCUT2D eigenvalue weighted by Gasteiger charge is 2.34. The van der Waals surface area contributed by atoms with Crippen molar-refractivity contribution in [1.29, 1.82) is 0 Å². The number of carbonyl (C=O) groups excluding carboxylic acids is 2. The molecule has 2 aromatic rings. The Kier molecular flexibility index (Phi) is 6.02. The van der Waals surface area contributed by atoms with Gasteiger partial charge in [-0.05, 0) is 62.4 Å². The van der Waals surface area contributed by atoms with Crippen LogP contribution < -0.4 is 4.90 Å². The second-order valence-corrected chi connectivity index (χ2v) is 9.33. The molecule has 3 rings (SSSR count). The van der Waals surface area contributed by atoms with Crippen LogP contribution in [-0.2, 0) is 14.6 Å². The predicted octanol–water partition coefficient (Wildman–Crippen LogP) is 2.54. The van der Waals surface area contributed by atoms with E-state index in [1.54, 1.807) is 17.0 Å². The average Bonchev–Trinajstić information content (AvgIpc) is 2.73. The van der Waals surface area contributed by atoms with Crippen LogP contribution in [0.3, 0.4) is 0 Å². The number of nitrogens with zero attached hydrogens (tertiary/aromatic N) is 2. The van der Waals surface area contributed by atoms with E-state index in [4.69, 9.17) is 0 Å². The molecule has 154 valence electrons. The van der Waals surface area contributed by atoms with Crippen molar-refractivity contribution in [2.45, 2.75) is 24.0 Å². The van der Waals surface area contributed by atoms with Crippen LogP contribution >= 0.6 is 0 Å². The van der Waals surface area contributed by atoms with Crippen molar-refractivity contribution in [1.82, 2.24) is 4.90 Å². The van der Waals surface area contributed by atoms with Gasteiger partial charge in [-0.25, -0.2) is 12.8 Å². The monoisotopic (exact) mass is 418 g/mol. The molecule has 1 amide bonds. The van der Waals surface area contributed by atoms with E-state index in [0.717, 1.165) is 17.8 Å². The Labute approximate surface area is 169 Å². The number of Topliss-reactive ketones (excluding diaryl/α,β-unsaturated/α-hetero) is 1. The lowest BCUT2D eigenvalue weighted by Crippen LogP contribution is -2.52. The zero-order chi connectivity index (χ0) is 21.2. The summed E-state index contributed by atoms with van der Waals surface area (Å²) in [5.41, 5.74) is 1.59. The number of carbonyl (C=O) groups is 2. The molecule has 1 aliphatic rings. The third-order valence-electron chi connectivity index (χ3n) is 5.19. The normalized spacial score (nSPS) is 15.8. The van der Waals surface area contributed by atoms with Gasteiger partial charge in [-0.1, -0.05) is 0 Å². The van der Waals surface area contributed by atoms with Crippen LogP contribution in [0.1, 0.15) is 24.2 Å². The number of anilines is 1. The Morgan fingerprint density at radius 1 is 0.931 bits per heavy atom. The molecule has 0 radical (unpaired) electrons. The van der Waals surface area contributed by atoms with Crippen molar-refractivity contribution < 1.29 is 22.4 Å². The molecular formula is C21H23FN2O4S. The summed E-state index contributed by atoms with van der Waals surface area (Å²) in [5.74, 6) is -0.986. The maximum atomic E-state index is 13.1. The number of benzene rings is 2. The lowest BCUT2D eigenvalue weighted by molar-refractivity contribution is -0.130. The Morgan fingerprint density at radius 2 is 1.48 bits per heavy atom. The summed E-state index contributed by atoms with van der Waals surface area (Å²) in [6.07, 6.45) is 0. The Bertz CT molecular complexity index is 996. The van der Waals surface area contributed by atoms with Gasteiger partial charge < -0.3 is 9.80 Å². The SMILES string of the molecule is CC(=O)c1ccc(N2CCN(C(=O)C(C)S(=O)(=O)c3ccc(F)cc3)CC2)cc1. The van der Waals surface area contributed by atoms with E-state index in [2.05, 4.69) is 4.90 Å². The van der Waals surface area contributed by atoms with Crippen LogP contribution in [0.25, 0.3) is 0 Å². The second kappa shape index (κ2) is 8.32. The molecule has 0 N–H and O–H groups in total. The number of rotatable bonds is 5. The summed E-state index contributed by atoms with van der Waals surface area (Å²) in [6.45, 7) is 4.81. The van der Waals surface area contributed by atoms with Gasteiger partial charge >= 0.3 is 0 Å². The second-order valence-electron chi connectivity index (χ2n) is 7.06. The number of piperazine rings is 1. The third kappa shape index (κ3) is 4.48. The van der Waals surface area contributed by atoms with Crippen LogP contribution in [0.2, 0.25) is 0 Å².